The number of hydrogen-bond acceptors (Lipinski definition) is 4. The molecule has 6 heteroatoms. The Morgan fingerprint density at radius 3 is 2.60 bits per heavy atom. The fourth-order valence-electron chi connectivity index (χ4n) is 1.61. The SMILES string of the molecule is Cc1cnc(C(=O)Nc2cc(C(N)=S)ccc2C)cn1. The quantitative estimate of drug-likeness (QED) is 0.843. The summed E-state index contributed by atoms with van der Waals surface area (Å²) >= 11 is 4.93. The first-order valence-corrected chi connectivity index (χ1v) is 6.38. The van der Waals surface area contributed by atoms with Crippen molar-refractivity contribution < 1.29 is 4.79 Å². The van der Waals surface area contributed by atoms with Crippen molar-refractivity contribution in [3.8, 4) is 0 Å². The van der Waals surface area contributed by atoms with Crippen LogP contribution in [0.5, 0.6) is 0 Å². The molecule has 20 heavy (non-hydrogen) atoms. The molecule has 3 N–H and O–H groups in total. The smallest absolute Gasteiger partial charge is 0.275 e. The molecule has 1 aromatic heterocycles. The zero-order chi connectivity index (χ0) is 14.7. The van der Waals surface area contributed by atoms with Crippen LogP contribution in [0.4, 0.5) is 5.69 Å². The fourth-order valence-corrected chi connectivity index (χ4v) is 1.73. The monoisotopic (exact) mass is 286 g/mol. The van der Waals surface area contributed by atoms with E-state index in [-0.39, 0.29) is 16.6 Å². The lowest BCUT2D eigenvalue weighted by atomic mass is 10.1. The third-order valence-electron chi connectivity index (χ3n) is 2.78. The molecule has 0 fully saturated rings. The maximum Gasteiger partial charge on any atom is 0.275 e. The number of hydrogen-bond donors (Lipinski definition) is 2. The summed E-state index contributed by atoms with van der Waals surface area (Å²) < 4.78 is 0. The average molecular weight is 286 g/mol. The molecule has 0 saturated heterocycles. The first kappa shape index (κ1) is 14.1. The normalized spacial score (nSPS) is 10.1. The summed E-state index contributed by atoms with van der Waals surface area (Å²) in [7, 11) is 0. The van der Waals surface area contributed by atoms with Gasteiger partial charge in [-0.1, -0.05) is 24.4 Å². The van der Waals surface area contributed by atoms with E-state index >= 15 is 0 Å². The number of anilines is 1. The molecule has 2 rings (SSSR count). The molecule has 1 amide bonds. The van der Waals surface area contributed by atoms with Crippen LogP contribution in [0.2, 0.25) is 0 Å². The third kappa shape index (κ3) is 3.16. The summed E-state index contributed by atoms with van der Waals surface area (Å²) in [5.41, 5.74) is 8.88. The number of carbonyl (C=O) groups is 1. The highest BCUT2D eigenvalue weighted by atomic mass is 32.1. The van der Waals surface area contributed by atoms with Gasteiger partial charge in [-0.15, -0.1) is 0 Å². The van der Waals surface area contributed by atoms with Crippen molar-refractivity contribution >= 4 is 28.8 Å². The molecule has 0 bridgehead atoms. The van der Waals surface area contributed by atoms with E-state index in [1.807, 2.05) is 26.0 Å². The van der Waals surface area contributed by atoms with Crippen LogP contribution in [0.15, 0.2) is 30.6 Å². The fraction of sp³-hybridized carbons (Fsp3) is 0.143. The minimum Gasteiger partial charge on any atom is -0.389 e. The van der Waals surface area contributed by atoms with Gasteiger partial charge in [-0.05, 0) is 25.5 Å². The second-order valence-electron chi connectivity index (χ2n) is 4.39. The molecular formula is C14H14N4OS. The van der Waals surface area contributed by atoms with Crippen molar-refractivity contribution in [1.29, 1.82) is 0 Å². The molecule has 0 spiro atoms. The van der Waals surface area contributed by atoms with E-state index in [9.17, 15) is 4.79 Å². The molecule has 0 saturated carbocycles. The molecule has 1 aromatic carbocycles. The molecule has 2 aromatic rings. The first-order valence-electron chi connectivity index (χ1n) is 5.98. The van der Waals surface area contributed by atoms with Crippen molar-refractivity contribution in [3.63, 3.8) is 0 Å². The van der Waals surface area contributed by atoms with Gasteiger partial charge >= 0.3 is 0 Å². The molecule has 0 aliphatic carbocycles. The van der Waals surface area contributed by atoms with Crippen LogP contribution in [0, 0.1) is 13.8 Å². The minimum absolute atomic E-state index is 0.260. The Kier molecular flexibility index (Phi) is 4.05. The van der Waals surface area contributed by atoms with Crippen molar-refractivity contribution in [2.24, 2.45) is 5.73 Å². The van der Waals surface area contributed by atoms with E-state index in [1.165, 1.54) is 6.20 Å². The summed E-state index contributed by atoms with van der Waals surface area (Å²) in [5, 5.41) is 2.78. The molecule has 0 aliphatic rings. The Morgan fingerprint density at radius 1 is 1.25 bits per heavy atom. The number of aryl methyl sites for hydroxylation is 2. The van der Waals surface area contributed by atoms with Gasteiger partial charge in [0.15, 0.2) is 0 Å². The van der Waals surface area contributed by atoms with Crippen molar-refractivity contribution in [2.75, 3.05) is 5.32 Å². The van der Waals surface area contributed by atoms with Gasteiger partial charge in [0.05, 0.1) is 11.9 Å². The zero-order valence-corrected chi connectivity index (χ0v) is 12.0. The van der Waals surface area contributed by atoms with E-state index in [2.05, 4.69) is 15.3 Å². The number of amides is 1. The predicted octanol–water partition coefficient (Wildman–Crippen LogP) is 1.98. The van der Waals surface area contributed by atoms with E-state index in [0.29, 0.717) is 11.3 Å². The number of nitrogens with one attached hydrogen (secondary N) is 1. The van der Waals surface area contributed by atoms with Crippen molar-refractivity contribution in [2.45, 2.75) is 13.8 Å². The molecule has 0 aliphatic heterocycles. The summed E-state index contributed by atoms with van der Waals surface area (Å²) in [6.07, 6.45) is 2.99. The summed E-state index contributed by atoms with van der Waals surface area (Å²) in [6, 6.07) is 5.42. The largest absolute Gasteiger partial charge is 0.389 e. The number of carbonyl (C=O) groups excluding carboxylic acids is 1. The summed E-state index contributed by atoms with van der Waals surface area (Å²) in [6.45, 7) is 3.70. The Bertz CT molecular complexity index is 667. The molecule has 0 radical (unpaired) electrons. The molecule has 0 atom stereocenters. The minimum atomic E-state index is -0.319. The van der Waals surface area contributed by atoms with E-state index in [1.54, 1.807) is 12.3 Å². The molecular weight excluding hydrogens is 272 g/mol. The topological polar surface area (TPSA) is 80.9 Å². The molecule has 0 unspecified atom stereocenters. The lowest BCUT2D eigenvalue weighted by Gasteiger charge is -2.09. The van der Waals surface area contributed by atoms with Gasteiger partial charge in [-0.25, -0.2) is 4.98 Å². The lowest BCUT2D eigenvalue weighted by molar-refractivity contribution is 0.102. The Hall–Kier alpha value is -2.34. The van der Waals surface area contributed by atoms with Crippen molar-refractivity contribution in [3.05, 3.63) is 53.1 Å². The maximum absolute atomic E-state index is 12.1. The maximum atomic E-state index is 12.1. The molecule has 1 heterocycles. The summed E-state index contributed by atoms with van der Waals surface area (Å²) in [5.74, 6) is -0.319. The lowest BCUT2D eigenvalue weighted by Crippen LogP contribution is -2.16. The standard InChI is InChI=1S/C14H14N4OS/c1-8-3-4-10(13(15)20)5-11(8)18-14(19)12-7-16-9(2)6-17-12/h3-7H,1-2H3,(H2,15,20)(H,18,19). The van der Waals surface area contributed by atoms with Gasteiger partial charge in [0, 0.05) is 17.4 Å². The van der Waals surface area contributed by atoms with Crippen LogP contribution in [-0.2, 0) is 0 Å². The van der Waals surface area contributed by atoms with Gasteiger partial charge < -0.3 is 11.1 Å². The van der Waals surface area contributed by atoms with E-state index in [0.717, 1.165) is 11.3 Å². The Morgan fingerprint density at radius 2 is 2.00 bits per heavy atom. The van der Waals surface area contributed by atoms with Crippen LogP contribution < -0.4 is 11.1 Å². The summed E-state index contributed by atoms with van der Waals surface area (Å²) in [4.78, 5) is 20.5. The number of nitrogens with zero attached hydrogens (tertiary/aromatic N) is 2. The Balaban J connectivity index is 2.25. The van der Waals surface area contributed by atoms with Crippen LogP contribution in [0.1, 0.15) is 27.3 Å². The Labute approximate surface area is 122 Å². The number of aromatic nitrogens is 2. The predicted molar refractivity (Wildman–Crippen MR) is 81.8 cm³/mol. The highest BCUT2D eigenvalue weighted by molar-refractivity contribution is 7.80. The number of benzene rings is 1. The van der Waals surface area contributed by atoms with Crippen LogP contribution in [0.3, 0.4) is 0 Å². The number of nitrogens with two attached hydrogens (primary N) is 1. The van der Waals surface area contributed by atoms with E-state index in [4.69, 9.17) is 18.0 Å². The van der Waals surface area contributed by atoms with Crippen LogP contribution in [0.25, 0.3) is 0 Å². The second kappa shape index (κ2) is 5.75. The third-order valence-corrected chi connectivity index (χ3v) is 3.02. The zero-order valence-electron chi connectivity index (χ0n) is 11.2. The van der Waals surface area contributed by atoms with Gasteiger partial charge in [0.2, 0.25) is 0 Å². The molecule has 102 valence electrons. The molecule has 5 nitrogen and oxygen atoms in total. The number of thiocarbonyl (C=S) groups is 1. The van der Waals surface area contributed by atoms with E-state index < -0.39 is 0 Å². The van der Waals surface area contributed by atoms with Crippen LogP contribution >= 0.6 is 12.2 Å². The number of rotatable bonds is 3. The van der Waals surface area contributed by atoms with Crippen molar-refractivity contribution in [1.82, 2.24) is 9.97 Å². The van der Waals surface area contributed by atoms with Gasteiger partial charge in [0.25, 0.3) is 5.91 Å². The first-order chi connectivity index (χ1) is 9.47. The second-order valence-corrected chi connectivity index (χ2v) is 4.83. The average Bonchev–Trinajstić information content (AvgIpc) is 2.41. The van der Waals surface area contributed by atoms with Gasteiger partial charge in [-0.3, -0.25) is 9.78 Å². The highest BCUT2D eigenvalue weighted by Crippen LogP contribution is 2.17. The van der Waals surface area contributed by atoms with Crippen LogP contribution in [-0.4, -0.2) is 20.9 Å². The van der Waals surface area contributed by atoms with Gasteiger partial charge in [-0.2, -0.15) is 0 Å². The van der Waals surface area contributed by atoms with Gasteiger partial charge in [0.1, 0.15) is 10.7 Å². The highest BCUT2D eigenvalue weighted by Gasteiger charge is 2.10.